The van der Waals surface area contributed by atoms with Gasteiger partial charge < -0.3 is 10.3 Å². The number of anilines is 1. The van der Waals surface area contributed by atoms with Gasteiger partial charge in [0.2, 0.25) is 0 Å². The fourth-order valence-corrected chi connectivity index (χ4v) is 1.30. The highest BCUT2D eigenvalue weighted by Gasteiger charge is 2.30. The van der Waals surface area contributed by atoms with Crippen LogP contribution in [0, 0.1) is 5.82 Å². The van der Waals surface area contributed by atoms with Gasteiger partial charge in [-0.1, -0.05) is 5.16 Å². The minimum atomic E-state index is -4.41. The van der Waals surface area contributed by atoms with Gasteiger partial charge in [-0.3, -0.25) is 0 Å². The van der Waals surface area contributed by atoms with Gasteiger partial charge in [0, 0.05) is 5.56 Å². The molecular weight excluding hydrogens is 254 g/mol. The van der Waals surface area contributed by atoms with Gasteiger partial charge >= 0.3 is 6.18 Å². The van der Waals surface area contributed by atoms with Crippen molar-refractivity contribution in [2.75, 3.05) is 5.73 Å². The second-order valence-electron chi connectivity index (χ2n) is 3.54. The number of hydrogen-bond acceptors (Lipinski definition) is 4. The number of rotatable bonds is 2. The number of aromatic nitrogens is 2. The molecule has 0 atom stereocenters. The van der Waals surface area contributed by atoms with Crippen LogP contribution in [0.5, 0.6) is 0 Å². The number of benzene rings is 1. The van der Waals surface area contributed by atoms with E-state index < -0.39 is 24.2 Å². The summed E-state index contributed by atoms with van der Waals surface area (Å²) >= 11 is 0. The van der Waals surface area contributed by atoms with Gasteiger partial charge in [-0.15, -0.1) is 0 Å². The Morgan fingerprint density at radius 3 is 2.61 bits per heavy atom. The standard InChI is InChI=1S/C10H7F4N3O/c11-6-2-1-5(3-7(6)15)9-16-8(17-18-9)4-10(12,13)14/h1-3H,4,15H2. The summed E-state index contributed by atoms with van der Waals surface area (Å²) in [5, 5.41) is 3.19. The van der Waals surface area contributed by atoms with Crippen LogP contribution in [0.3, 0.4) is 0 Å². The molecule has 1 aromatic carbocycles. The molecule has 0 radical (unpaired) electrons. The summed E-state index contributed by atoms with van der Waals surface area (Å²) in [6.45, 7) is 0. The highest BCUT2D eigenvalue weighted by Crippen LogP contribution is 2.24. The molecule has 1 heterocycles. The van der Waals surface area contributed by atoms with E-state index in [0.717, 1.165) is 6.07 Å². The van der Waals surface area contributed by atoms with Crippen molar-refractivity contribution in [3.8, 4) is 11.5 Å². The van der Waals surface area contributed by atoms with E-state index in [9.17, 15) is 17.6 Å². The Bertz CT molecular complexity index is 564. The second-order valence-corrected chi connectivity index (χ2v) is 3.54. The van der Waals surface area contributed by atoms with E-state index in [1.807, 2.05) is 0 Å². The molecular formula is C10H7F4N3O. The summed E-state index contributed by atoms with van der Waals surface area (Å²) in [6, 6.07) is 3.56. The third kappa shape index (κ3) is 2.76. The molecule has 96 valence electrons. The molecule has 0 unspecified atom stereocenters. The molecule has 2 rings (SSSR count). The molecule has 2 aromatic rings. The fourth-order valence-electron chi connectivity index (χ4n) is 1.30. The highest BCUT2D eigenvalue weighted by molar-refractivity contribution is 5.60. The topological polar surface area (TPSA) is 64.9 Å². The van der Waals surface area contributed by atoms with Gasteiger partial charge in [-0.05, 0) is 18.2 Å². The Kier molecular flexibility index (Phi) is 2.93. The van der Waals surface area contributed by atoms with Gasteiger partial charge in [0.1, 0.15) is 12.2 Å². The van der Waals surface area contributed by atoms with Crippen LogP contribution in [0.1, 0.15) is 5.82 Å². The Labute approximate surface area is 98.4 Å². The Morgan fingerprint density at radius 1 is 1.28 bits per heavy atom. The van der Waals surface area contributed by atoms with Crippen LogP contribution in [0.15, 0.2) is 22.7 Å². The normalized spacial score (nSPS) is 11.8. The van der Waals surface area contributed by atoms with Crippen LogP contribution in [0.4, 0.5) is 23.2 Å². The van der Waals surface area contributed by atoms with Crippen molar-refractivity contribution in [2.45, 2.75) is 12.6 Å². The molecule has 8 heteroatoms. The lowest BCUT2D eigenvalue weighted by molar-refractivity contribution is -0.128. The van der Waals surface area contributed by atoms with Crippen LogP contribution in [-0.2, 0) is 6.42 Å². The Balaban J connectivity index is 2.26. The first-order chi connectivity index (χ1) is 8.35. The van der Waals surface area contributed by atoms with Crippen LogP contribution in [0.25, 0.3) is 11.5 Å². The number of nitrogen functional groups attached to an aromatic ring is 1. The molecule has 0 saturated heterocycles. The number of alkyl halides is 3. The summed E-state index contributed by atoms with van der Waals surface area (Å²) in [6.07, 6.45) is -5.70. The predicted octanol–water partition coefficient (Wildman–Crippen LogP) is 2.56. The van der Waals surface area contributed by atoms with Crippen LogP contribution >= 0.6 is 0 Å². The zero-order chi connectivity index (χ0) is 13.3. The van der Waals surface area contributed by atoms with Crippen LogP contribution in [-0.4, -0.2) is 16.3 Å². The number of hydrogen-bond donors (Lipinski definition) is 1. The van der Waals surface area contributed by atoms with E-state index in [1.54, 1.807) is 0 Å². The number of halogens is 4. The molecule has 0 spiro atoms. The predicted molar refractivity (Wildman–Crippen MR) is 53.9 cm³/mol. The molecule has 0 aliphatic heterocycles. The third-order valence-electron chi connectivity index (χ3n) is 2.07. The van der Waals surface area contributed by atoms with E-state index in [0.29, 0.717) is 0 Å². The summed E-state index contributed by atoms with van der Waals surface area (Å²) in [5.41, 5.74) is 5.43. The molecule has 0 aliphatic rings. The van der Waals surface area contributed by atoms with Gasteiger partial charge in [-0.25, -0.2) is 4.39 Å². The number of nitrogens with zero attached hydrogens (tertiary/aromatic N) is 2. The molecule has 0 aliphatic carbocycles. The average Bonchev–Trinajstić information content (AvgIpc) is 2.68. The lowest BCUT2D eigenvalue weighted by atomic mass is 10.2. The second kappa shape index (κ2) is 4.28. The van der Waals surface area contributed by atoms with Crippen molar-refractivity contribution >= 4 is 5.69 Å². The van der Waals surface area contributed by atoms with E-state index in [4.69, 9.17) is 5.73 Å². The monoisotopic (exact) mass is 261 g/mol. The summed E-state index contributed by atoms with van der Waals surface area (Å²) in [5.74, 6) is -1.25. The average molecular weight is 261 g/mol. The smallest absolute Gasteiger partial charge is 0.396 e. The van der Waals surface area contributed by atoms with Crippen molar-refractivity contribution in [2.24, 2.45) is 0 Å². The summed E-state index contributed by atoms with van der Waals surface area (Å²) in [4.78, 5) is 3.56. The molecule has 18 heavy (non-hydrogen) atoms. The quantitative estimate of drug-likeness (QED) is 0.666. The summed E-state index contributed by atoms with van der Waals surface area (Å²) < 4.78 is 53.8. The molecule has 4 nitrogen and oxygen atoms in total. The maximum atomic E-state index is 12.9. The van der Waals surface area contributed by atoms with Crippen molar-refractivity contribution in [3.05, 3.63) is 29.8 Å². The Morgan fingerprint density at radius 2 is 2.00 bits per heavy atom. The van der Waals surface area contributed by atoms with Crippen LogP contribution in [0.2, 0.25) is 0 Å². The maximum Gasteiger partial charge on any atom is 0.396 e. The lowest BCUT2D eigenvalue weighted by Gasteiger charge is -2.00. The van der Waals surface area contributed by atoms with E-state index in [-0.39, 0.29) is 17.1 Å². The van der Waals surface area contributed by atoms with E-state index in [1.165, 1.54) is 12.1 Å². The van der Waals surface area contributed by atoms with Crippen molar-refractivity contribution in [3.63, 3.8) is 0 Å². The van der Waals surface area contributed by atoms with Crippen LogP contribution < -0.4 is 5.73 Å². The zero-order valence-corrected chi connectivity index (χ0v) is 8.83. The third-order valence-corrected chi connectivity index (χ3v) is 2.07. The first kappa shape index (κ1) is 12.3. The first-order valence-corrected chi connectivity index (χ1v) is 4.80. The molecule has 0 bridgehead atoms. The Hall–Kier alpha value is -2.12. The fraction of sp³-hybridized carbons (Fsp3) is 0.200. The SMILES string of the molecule is Nc1cc(-c2nc(CC(F)(F)F)no2)ccc1F. The molecule has 2 N–H and O–H groups in total. The number of nitrogens with two attached hydrogens (primary N) is 1. The van der Waals surface area contributed by atoms with Crippen molar-refractivity contribution in [1.82, 2.24) is 10.1 Å². The highest BCUT2D eigenvalue weighted by atomic mass is 19.4. The van der Waals surface area contributed by atoms with Gasteiger partial charge in [0.05, 0.1) is 5.69 Å². The van der Waals surface area contributed by atoms with Crippen molar-refractivity contribution < 1.29 is 22.1 Å². The molecule has 0 fully saturated rings. The minimum Gasteiger partial charge on any atom is -0.396 e. The lowest BCUT2D eigenvalue weighted by Crippen LogP contribution is -2.12. The van der Waals surface area contributed by atoms with Crippen molar-refractivity contribution in [1.29, 1.82) is 0 Å². The van der Waals surface area contributed by atoms with E-state index in [2.05, 4.69) is 14.7 Å². The zero-order valence-electron chi connectivity index (χ0n) is 8.83. The van der Waals surface area contributed by atoms with Gasteiger partial charge in [0.15, 0.2) is 5.82 Å². The molecule has 1 aromatic heterocycles. The summed E-state index contributed by atoms with van der Waals surface area (Å²) in [7, 11) is 0. The van der Waals surface area contributed by atoms with E-state index >= 15 is 0 Å². The van der Waals surface area contributed by atoms with Gasteiger partial charge in [0.25, 0.3) is 5.89 Å². The molecule has 0 saturated carbocycles. The first-order valence-electron chi connectivity index (χ1n) is 4.80. The maximum absolute atomic E-state index is 12.9. The molecule has 0 amide bonds. The minimum absolute atomic E-state index is 0.138. The van der Waals surface area contributed by atoms with Gasteiger partial charge in [-0.2, -0.15) is 18.2 Å². The largest absolute Gasteiger partial charge is 0.396 e.